The number of aryl methyl sites for hydroxylation is 1. The van der Waals surface area contributed by atoms with Crippen LogP contribution >= 0.6 is 0 Å². The molecule has 1 spiro atoms. The summed E-state index contributed by atoms with van der Waals surface area (Å²) < 4.78 is 76.1. The number of rotatable bonds is 3. The predicted octanol–water partition coefficient (Wildman–Crippen LogP) is 0.912. The summed E-state index contributed by atoms with van der Waals surface area (Å²) in [7, 11) is -7.42. The second kappa shape index (κ2) is 7.02. The topological polar surface area (TPSA) is 90.0 Å². The number of piperidine rings is 1. The first-order chi connectivity index (χ1) is 13.1. The van der Waals surface area contributed by atoms with Gasteiger partial charge in [-0.1, -0.05) is 0 Å². The lowest BCUT2D eigenvalue weighted by Gasteiger charge is -2.41. The maximum atomic E-state index is 13.4. The van der Waals surface area contributed by atoms with Gasteiger partial charge in [-0.3, -0.25) is 4.90 Å². The average Bonchev–Trinajstić information content (AvgIpc) is 3.20. The first-order valence-electron chi connectivity index (χ1n) is 9.34. The summed E-state index contributed by atoms with van der Waals surface area (Å²) in [6.45, 7) is 3.62. The molecule has 4 rings (SSSR count). The number of benzene rings is 1. The van der Waals surface area contributed by atoms with Gasteiger partial charge in [0.05, 0.1) is 34.9 Å². The highest BCUT2D eigenvalue weighted by atomic mass is 32.2. The summed E-state index contributed by atoms with van der Waals surface area (Å²) in [5.74, 6) is -1.74. The third kappa shape index (κ3) is 3.60. The zero-order valence-electron chi connectivity index (χ0n) is 15.6. The Labute approximate surface area is 164 Å². The smallest absolute Gasteiger partial charge is 0.184 e. The number of hydrogen-bond acceptors (Lipinski definition) is 7. The van der Waals surface area contributed by atoms with Crippen LogP contribution in [0.1, 0.15) is 18.4 Å². The number of ether oxygens (including phenoxy) is 2. The van der Waals surface area contributed by atoms with E-state index in [0.29, 0.717) is 39.1 Å². The summed E-state index contributed by atoms with van der Waals surface area (Å²) in [6, 6.07) is 2.86. The van der Waals surface area contributed by atoms with E-state index >= 15 is 0 Å². The van der Waals surface area contributed by atoms with Crippen LogP contribution in [0.5, 0.6) is 0 Å². The number of likely N-dealkylation sites (tertiary alicyclic amines) is 1. The standard InChI is InChI=1S/C18H24FNO6S2/c1-13-10-14(19)2-3-16(13)28(23,24)17-12-27(21,22)11-15(17)20-6-4-18(5-7-20)25-8-9-26-18/h2-3,10,15,17H,4-9,11-12H2,1H3/t15-,17-/m0/s1. The van der Waals surface area contributed by atoms with Gasteiger partial charge in [0.2, 0.25) is 0 Å². The molecule has 3 heterocycles. The molecule has 3 fully saturated rings. The van der Waals surface area contributed by atoms with Crippen molar-refractivity contribution in [1.29, 1.82) is 0 Å². The van der Waals surface area contributed by atoms with E-state index in [1.165, 1.54) is 13.0 Å². The molecule has 28 heavy (non-hydrogen) atoms. The molecule has 0 saturated carbocycles. The van der Waals surface area contributed by atoms with Crippen LogP contribution in [-0.4, -0.2) is 76.6 Å². The predicted molar refractivity (Wildman–Crippen MR) is 100.0 cm³/mol. The normalized spacial score (nSPS) is 30.1. The van der Waals surface area contributed by atoms with E-state index in [1.807, 2.05) is 4.90 Å². The van der Waals surface area contributed by atoms with Crippen molar-refractivity contribution < 1.29 is 30.7 Å². The van der Waals surface area contributed by atoms with Gasteiger partial charge in [0.25, 0.3) is 0 Å². The maximum Gasteiger partial charge on any atom is 0.184 e. The summed E-state index contributed by atoms with van der Waals surface area (Å²) in [4.78, 5) is 1.93. The highest BCUT2D eigenvalue weighted by Gasteiger charge is 2.50. The van der Waals surface area contributed by atoms with Crippen LogP contribution < -0.4 is 0 Å². The maximum absolute atomic E-state index is 13.4. The van der Waals surface area contributed by atoms with Crippen molar-refractivity contribution in [1.82, 2.24) is 4.90 Å². The van der Waals surface area contributed by atoms with E-state index in [0.717, 1.165) is 12.1 Å². The molecule has 2 atom stereocenters. The highest BCUT2D eigenvalue weighted by molar-refractivity contribution is 7.96. The molecule has 1 aromatic carbocycles. The van der Waals surface area contributed by atoms with Gasteiger partial charge in [-0.05, 0) is 30.7 Å². The van der Waals surface area contributed by atoms with Crippen molar-refractivity contribution in [2.45, 2.75) is 41.7 Å². The molecule has 0 aromatic heterocycles. The van der Waals surface area contributed by atoms with Crippen LogP contribution in [0.3, 0.4) is 0 Å². The van der Waals surface area contributed by atoms with Crippen LogP contribution in [-0.2, 0) is 29.1 Å². The summed E-state index contributed by atoms with van der Waals surface area (Å²) in [5.41, 5.74) is 0.286. The summed E-state index contributed by atoms with van der Waals surface area (Å²) in [6.07, 6.45) is 1.15. The molecule has 3 saturated heterocycles. The lowest BCUT2D eigenvalue weighted by molar-refractivity contribution is -0.187. The molecule has 0 unspecified atom stereocenters. The SMILES string of the molecule is Cc1cc(F)ccc1S(=O)(=O)[C@H]1CS(=O)(=O)C[C@@H]1N1CCC2(CC1)OCCO2. The van der Waals surface area contributed by atoms with E-state index in [1.54, 1.807) is 0 Å². The van der Waals surface area contributed by atoms with E-state index in [9.17, 15) is 21.2 Å². The zero-order valence-corrected chi connectivity index (χ0v) is 17.3. The minimum absolute atomic E-state index is 0.00283. The van der Waals surface area contributed by atoms with Crippen LogP contribution in [0, 0.1) is 12.7 Å². The quantitative estimate of drug-likeness (QED) is 0.655. The summed E-state index contributed by atoms with van der Waals surface area (Å²) >= 11 is 0. The van der Waals surface area contributed by atoms with Gasteiger partial charge in [0, 0.05) is 32.0 Å². The van der Waals surface area contributed by atoms with Gasteiger partial charge in [-0.2, -0.15) is 0 Å². The lowest BCUT2D eigenvalue weighted by atomic mass is 10.0. The molecule has 156 valence electrons. The molecule has 7 nitrogen and oxygen atoms in total. The Hall–Kier alpha value is -1.07. The third-order valence-corrected chi connectivity index (χ3v) is 10.2. The molecule has 0 aliphatic carbocycles. The van der Waals surface area contributed by atoms with Crippen molar-refractivity contribution in [2.75, 3.05) is 37.8 Å². The van der Waals surface area contributed by atoms with Gasteiger partial charge in [-0.25, -0.2) is 21.2 Å². The second-order valence-corrected chi connectivity index (χ2v) is 12.1. The van der Waals surface area contributed by atoms with E-state index in [-0.39, 0.29) is 16.2 Å². The van der Waals surface area contributed by atoms with E-state index < -0.39 is 48.3 Å². The van der Waals surface area contributed by atoms with Crippen molar-refractivity contribution in [2.24, 2.45) is 0 Å². The fourth-order valence-electron chi connectivity index (χ4n) is 4.51. The first kappa shape index (κ1) is 20.2. The minimum atomic E-state index is -3.93. The van der Waals surface area contributed by atoms with Crippen LogP contribution in [0.15, 0.2) is 23.1 Å². The van der Waals surface area contributed by atoms with Gasteiger partial charge >= 0.3 is 0 Å². The Bertz CT molecular complexity index is 962. The highest BCUT2D eigenvalue weighted by Crippen LogP contribution is 2.36. The largest absolute Gasteiger partial charge is 0.347 e. The lowest BCUT2D eigenvalue weighted by Crippen LogP contribution is -2.53. The Kier molecular flexibility index (Phi) is 5.06. The first-order valence-corrected chi connectivity index (χ1v) is 12.7. The molecular formula is C18H24FNO6S2. The number of sulfone groups is 2. The summed E-state index contributed by atoms with van der Waals surface area (Å²) in [5, 5.41) is -1.07. The minimum Gasteiger partial charge on any atom is -0.347 e. The van der Waals surface area contributed by atoms with Crippen molar-refractivity contribution in [3.63, 3.8) is 0 Å². The van der Waals surface area contributed by atoms with Gasteiger partial charge in [0.1, 0.15) is 5.82 Å². The van der Waals surface area contributed by atoms with Crippen molar-refractivity contribution in [3.8, 4) is 0 Å². The Balaban J connectivity index is 1.61. The van der Waals surface area contributed by atoms with Crippen LogP contribution in [0.25, 0.3) is 0 Å². The fourth-order valence-corrected chi connectivity index (χ4v) is 9.57. The number of hydrogen-bond donors (Lipinski definition) is 0. The molecule has 0 radical (unpaired) electrons. The monoisotopic (exact) mass is 433 g/mol. The Morgan fingerprint density at radius 1 is 1.14 bits per heavy atom. The third-order valence-electron chi connectivity index (χ3n) is 5.96. The van der Waals surface area contributed by atoms with Gasteiger partial charge in [0.15, 0.2) is 25.5 Å². The molecule has 3 aliphatic heterocycles. The van der Waals surface area contributed by atoms with E-state index in [2.05, 4.69) is 0 Å². The zero-order chi connectivity index (χ0) is 20.2. The molecular weight excluding hydrogens is 409 g/mol. The van der Waals surface area contributed by atoms with E-state index in [4.69, 9.17) is 9.47 Å². The molecule has 1 aromatic rings. The Morgan fingerprint density at radius 3 is 2.39 bits per heavy atom. The second-order valence-electron chi connectivity index (χ2n) is 7.78. The van der Waals surface area contributed by atoms with Crippen LogP contribution in [0.4, 0.5) is 4.39 Å². The van der Waals surface area contributed by atoms with Crippen LogP contribution in [0.2, 0.25) is 0 Å². The molecule has 3 aliphatic rings. The number of halogens is 1. The molecule has 0 bridgehead atoms. The molecule has 0 N–H and O–H groups in total. The Morgan fingerprint density at radius 2 is 1.79 bits per heavy atom. The average molecular weight is 434 g/mol. The fraction of sp³-hybridized carbons (Fsp3) is 0.667. The van der Waals surface area contributed by atoms with Crippen molar-refractivity contribution in [3.05, 3.63) is 29.6 Å². The molecule has 10 heteroatoms. The van der Waals surface area contributed by atoms with Gasteiger partial charge < -0.3 is 9.47 Å². The van der Waals surface area contributed by atoms with Gasteiger partial charge in [-0.15, -0.1) is 0 Å². The van der Waals surface area contributed by atoms with Crippen molar-refractivity contribution >= 4 is 19.7 Å². The molecule has 0 amide bonds. The number of nitrogens with zero attached hydrogens (tertiary/aromatic N) is 1.